The molecule has 0 atom stereocenters. The van der Waals surface area contributed by atoms with E-state index in [1.54, 1.807) is 17.9 Å². The molecule has 2 rings (SSSR count). The third-order valence-electron chi connectivity index (χ3n) is 3.58. The van der Waals surface area contributed by atoms with Gasteiger partial charge >= 0.3 is 5.97 Å². The van der Waals surface area contributed by atoms with E-state index in [-0.39, 0.29) is 5.69 Å². The highest BCUT2D eigenvalue weighted by Gasteiger charge is 2.16. The van der Waals surface area contributed by atoms with Gasteiger partial charge in [0.25, 0.3) is 0 Å². The summed E-state index contributed by atoms with van der Waals surface area (Å²) in [5.41, 5.74) is 2.89. The standard InChI is InChI=1S/C17H22N2O3/c1-5-8-19-15(17(20)21)10-14(18-19)12-6-7-16(22-4)13(9-12)11(2)3/h6-7,9-11H,5,8H2,1-4H3,(H,20,21). The Morgan fingerprint density at radius 3 is 2.64 bits per heavy atom. The molecule has 0 unspecified atom stereocenters. The number of nitrogens with zero attached hydrogens (tertiary/aromatic N) is 2. The third-order valence-corrected chi connectivity index (χ3v) is 3.58. The number of aromatic nitrogens is 2. The molecule has 0 amide bonds. The Morgan fingerprint density at radius 1 is 1.36 bits per heavy atom. The zero-order valence-corrected chi connectivity index (χ0v) is 13.5. The first kappa shape index (κ1) is 16.1. The van der Waals surface area contributed by atoms with Gasteiger partial charge in [-0.3, -0.25) is 4.68 Å². The van der Waals surface area contributed by atoms with Crippen LogP contribution < -0.4 is 4.74 Å². The minimum Gasteiger partial charge on any atom is -0.496 e. The van der Waals surface area contributed by atoms with Crippen LogP contribution in [0.25, 0.3) is 11.3 Å². The summed E-state index contributed by atoms with van der Waals surface area (Å²) in [6, 6.07) is 7.47. The van der Waals surface area contributed by atoms with E-state index < -0.39 is 5.97 Å². The van der Waals surface area contributed by atoms with Gasteiger partial charge in [0.1, 0.15) is 11.4 Å². The second-order valence-electron chi connectivity index (χ2n) is 5.55. The van der Waals surface area contributed by atoms with E-state index in [9.17, 15) is 9.90 Å². The molecule has 5 heteroatoms. The lowest BCUT2D eigenvalue weighted by atomic mass is 9.98. The molecule has 0 radical (unpaired) electrons. The number of aryl methyl sites for hydroxylation is 1. The van der Waals surface area contributed by atoms with Gasteiger partial charge in [-0.15, -0.1) is 0 Å². The van der Waals surface area contributed by atoms with Crippen LogP contribution in [-0.4, -0.2) is 28.0 Å². The van der Waals surface area contributed by atoms with Crippen molar-refractivity contribution < 1.29 is 14.6 Å². The molecule has 0 spiro atoms. The molecular weight excluding hydrogens is 280 g/mol. The summed E-state index contributed by atoms with van der Waals surface area (Å²) in [7, 11) is 1.65. The minimum atomic E-state index is -0.954. The van der Waals surface area contributed by atoms with E-state index in [4.69, 9.17) is 4.74 Å². The minimum absolute atomic E-state index is 0.221. The van der Waals surface area contributed by atoms with E-state index in [0.29, 0.717) is 18.2 Å². The maximum atomic E-state index is 11.3. The summed E-state index contributed by atoms with van der Waals surface area (Å²) in [6.45, 7) is 6.78. The molecule has 2 aromatic rings. The Kier molecular flexibility index (Phi) is 4.85. The molecule has 0 aliphatic carbocycles. The van der Waals surface area contributed by atoms with Crippen molar-refractivity contribution in [2.45, 2.75) is 39.7 Å². The largest absolute Gasteiger partial charge is 0.496 e. The predicted molar refractivity (Wildman–Crippen MR) is 85.6 cm³/mol. The lowest BCUT2D eigenvalue weighted by Gasteiger charge is -2.12. The van der Waals surface area contributed by atoms with Gasteiger partial charge in [-0.1, -0.05) is 20.8 Å². The molecule has 0 saturated carbocycles. The Hall–Kier alpha value is -2.30. The van der Waals surface area contributed by atoms with Gasteiger partial charge in [0.15, 0.2) is 0 Å². The number of hydrogen-bond acceptors (Lipinski definition) is 3. The first-order chi connectivity index (χ1) is 10.5. The molecule has 1 N–H and O–H groups in total. The van der Waals surface area contributed by atoms with E-state index in [2.05, 4.69) is 18.9 Å². The summed E-state index contributed by atoms with van der Waals surface area (Å²) in [5.74, 6) is 0.196. The first-order valence-electron chi connectivity index (χ1n) is 7.47. The van der Waals surface area contributed by atoms with Gasteiger partial charge in [0.05, 0.1) is 12.8 Å². The van der Waals surface area contributed by atoms with Crippen LogP contribution in [0.15, 0.2) is 24.3 Å². The van der Waals surface area contributed by atoms with Gasteiger partial charge < -0.3 is 9.84 Å². The smallest absolute Gasteiger partial charge is 0.354 e. The highest BCUT2D eigenvalue weighted by atomic mass is 16.5. The van der Waals surface area contributed by atoms with Gasteiger partial charge in [-0.05, 0) is 42.2 Å². The molecule has 22 heavy (non-hydrogen) atoms. The molecule has 118 valence electrons. The van der Waals surface area contributed by atoms with Crippen LogP contribution in [-0.2, 0) is 6.54 Å². The number of ether oxygens (including phenoxy) is 1. The molecular formula is C17H22N2O3. The van der Waals surface area contributed by atoms with Crippen molar-refractivity contribution in [3.05, 3.63) is 35.5 Å². The number of carbonyl (C=O) groups is 1. The van der Waals surface area contributed by atoms with Crippen molar-refractivity contribution >= 4 is 5.97 Å². The molecule has 1 aromatic heterocycles. The van der Waals surface area contributed by atoms with E-state index in [1.807, 2.05) is 25.1 Å². The Bertz CT molecular complexity index is 675. The molecule has 5 nitrogen and oxygen atoms in total. The summed E-state index contributed by atoms with van der Waals surface area (Å²) in [4.78, 5) is 11.3. The zero-order chi connectivity index (χ0) is 16.3. The monoisotopic (exact) mass is 302 g/mol. The zero-order valence-electron chi connectivity index (χ0n) is 13.5. The number of benzene rings is 1. The number of methoxy groups -OCH3 is 1. The second kappa shape index (κ2) is 6.64. The third kappa shape index (κ3) is 3.13. The molecule has 0 fully saturated rings. The maximum absolute atomic E-state index is 11.3. The van der Waals surface area contributed by atoms with Crippen molar-refractivity contribution in [3.63, 3.8) is 0 Å². The average molecular weight is 302 g/mol. The van der Waals surface area contributed by atoms with Crippen LogP contribution >= 0.6 is 0 Å². The van der Waals surface area contributed by atoms with Crippen LogP contribution in [0.3, 0.4) is 0 Å². The van der Waals surface area contributed by atoms with Crippen molar-refractivity contribution in [2.75, 3.05) is 7.11 Å². The Labute approximate surface area is 130 Å². The fourth-order valence-corrected chi connectivity index (χ4v) is 2.46. The van der Waals surface area contributed by atoms with Crippen LogP contribution in [0, 0.1) is 0 Å². The lowest BCUT2D eigenvalue weighted by Crippen LogP contribution is -2.09. The van der Waals surface area contributed by atoms with Crippen LogP contribution in [0.4, 0.5) is 0 Å². The number of carboxylic acids is 1. The molecule has 0 aliphatic heterocycles. The normalized spacial score (nSPS) is 11.0. The maximum Gasteiger partial charge on any atom is 0.354 e. The van der Waals surface area contributed by atoms with E-state index in [1.165, 1.54) is 0 Å². The fourth-order valence-electron chi connectivity index (χ4n) is 2.46. The average Bonchev–Trinajstić information content (AvgIpc) is 2.91. The van der Waals surface area contributed by atoms with Crippen molar-refractivity contribution in [2.24, 2.45) is 0 Å². The molecule has 0 saturated heterocycles. The fraction of sp³-hybridized carbons (Fsp3) is 0.412. The Morgan fingerprint density at radius 2 is 2.09 bits per heavy atom. The van der Waals surface area contributed by atoms with Crippen LogP contribution in [0.5, 0.6) is 5.75 Å². The highest BCUT2D eigenvalue weighted by Crippen LogP contribution is 2.31. The summed E-state index contributed by atoms with van der Waals surface area (Å²) in [5, 5.41) is 13.7. The SMILES string of the molecule is CCCn1nc(-c2ccc(OC)c(C(C)C)c2)cc1C(=O)O. The topological polar surface area (TPSA) is 64.4 Å². The number of carboxylic acid groups (broad SMARTS) is 1. The molecule has 0 aliphatic rings. The van der Waals surface area contributed by atoms with Crippen LogP contribution in [0.2, 0.25) is 0 Å². The number of aromatic carboxylic acids is 1. The molecule has 1 heterocycles. The van der Waals surface area contributed by atoms with E-state index >= 15 is 0 Å². The number of rotatable bonds is 6. The van der Waals surface area contributed by atoms with Gasteiger partial charge in [0, 0.05) is 12.1 Å². The van der Waals surface area contributed by atoms with Gasteiger partial charge in [-0.25, -0.2) is 4.79 Å². The van der Waals surface area contributed by atoms with Crippen LogP contribution in [0.1, 0.15) is 49.2 Å². The van der Waals surface area contributed by atoms with Crippen molar-refractivity contribution in [1.29, 1.82) is 0 Å². The lowest BCUT2D eigenvalue weighted by molar-refractivity contribution is 0.0683. The molecule has 0 bridgehead atoms. The second-order valence-corrected chi connectivity index (χ2v) is 5.55. The van der Waals surface area contributed by atoms with Gasteiger partial charge in [0.2, 0.25) is 0 Å². The quantitative estimate of drug-likeness (QED) is 0.881. The summed E-state index contributed by atoms with van der Waals surface area (Å²) >= 11 is 0. The van der Waals surface area contributed by atoms with Crippen molar-refractivity contribution in [1.82, 2.24) is 9.78 Å². The summed E-state index contributed by atoms with van der Waals surface area (Å²) in [6.07, 6.45) is 0.835. The number of hydrogen-bond donors (Lipinski definition) is 1. The predicted octanol–water partition coefficient (Wildman–Crippen LogP) is 3.79. The Balaban J connectivity index is 2.50. The highest BCUT2D eigenvalue weighted by molar-refractivity contribution is 5.87. The van der Waals surface area contributed by atoms with Crippen molar-refractivity contribution in [3.8, 4) is 17.0 Å². The van der Waals surface area contributed by atoms with E-state index in [0.717, 1.165) is 23.3 Å². The summed E-state index contributed by atoms with van der Waals surface area (Å²) < 4.78 is 6.94. The van der Waals surface area contributed by atoms with Gasteiger partial charge in [-0.2, -0.15) is 5.10 Å². The molecule has 1 aromatic carbocycles. The first-order valence-corrected chi connectivity index (χ1v) is 7.47.